The van der Waals surface area contributed by atoms with Crippen LogP contribution in [0.2, 0.25) is 0 Å². The maximum atomic E-state index is 12.7. The minimum absolute atomic E-state index is 0. The molecule has 2 aliphatic rings. The Morgan fingerprint density at radius 1 is 1.27 bits per heavy atom. The third-order valence-electron chi connectivity index (χ3n) is 5.31. The summed E-state index contributed by atoms with van der Waals surface area (Å²) in [6, 6.07) is 2.26. The number of piperidine rings is 1. The predicted octanol–water partition coefficient (Wildman–Crippen LogP) is 2.42. The molecule has 3 rings (SSSR count). The molecule has 1 aromatic heterocycles. The molecule has 0 spiro atoms. The van der Waals surface area contributed by atoms with Crippen LogP contribution in [0.15, 0.2) is 12.3 Å². The van der Waals surface area contributed by atoms with Crippen molar-refractivity contribution in [2.75, 3.05) is 45.8 Å². The van der Waals surface area contributed by atoms with Gasteiger partial charge in [0.05, 0.1) is 6.04 Å². The number of rotatable bonds is 4. The Morgan fingerprint density at radius 2 is 2.00 bits per heavy atom. The van der Waals surface area contributed by atoms with E-state index in [4.69, 9.17) is 0 Å². The highest BCUT2D eigenvalue weighted by molar-refractivity contribution is 5.92. The Kier molecular flexibility index (Phi) is 7.50. The molecule has 0 saturated carbocycles. The van der Waals surface area contributed by atoms with E-state index in [-0.39, 0.29) is 18.3 Å². The van der Waals surface area contributed by atoms with Crippen LogP contribution in [-0.2, 0) is 0 Å². The molecule has 3 heterocycles. The van der Waals surface area contributed by atoms with E-state index in [9.17, 15) is 4.79 Å². The highest BCUT2D eigenvalue weighted by atomic mass is 35.5. The third-order valence-corrected chi connectivity index (χ3v) is 5.31. The lowest BCUT2D eigenvalue weighted by Gasteiger charge is -2.35. The Hall–Kier alpha value is -1.11. The fourth-order valence-electron chi connectivity index (χ4n) is 3.54. The average Bonchev–Trinajstić information content (AvgIpc) is 3.10. The van der Waals surface area contributed by atoms with Crippen molar-refractivity contribution in [3.63, 3.8) is 0 Å². The summed E-state index contributed by atoms with van der Waals surface area (Å²) < 4.78 is 1.97. The zero-order chi connectivity index (χ0) is 17.9. The van der Waals surface area contributed by atoms with Crippen LogP contribution in [0.4, 0.5) is 0 Å². The molecule has 2 fully saturated rings. The highest BCUT2D eigenvalue weighted by Gasteiger charge is 2.25. The largest absolute Gasteiger partial charge is 0.335 e. The van der Waals surface area contributed by atoms with Crippen LogP contribution in [0, 0.1) is 5.41 Å². The number of aromatic nitrogens is 2. The summed E-state index contributed by atoms with van der Waals surface area (Å²) in [5.74, 6) is 0.0815. The van der Waals surface area contributed by atoms with E-state index < -0.39 is 0 Å². The topological polar surface area (TPSA) is 53.4 Å². The Labute approximate surface area is 163 Å². The van der Waals surface area contributed by atoms with Crippen molar-refractivity contribution in [2.24, 2.45) is 5.41 Å². The number of carbonyl (C=O) groups is 1. The van der Waals surface area contributed by atoms with Gasteiger partial charge in [0, 0.05) is 38.9 Å². The first-order valence-corrected chi connectivity index (χ1v) is 9.70. The average molecular weight is 384 g/mol. The van der Waals surface area contributed by atoms with Crippen LogP contribution in [0.1, 0.15) is 56.6 Å². The van der Waals surface area contributed by atoms with Gasteiger partial charge in [-0.25, -0.2) is 0 Å². The van der Waals surface area contributed by atoms with Crippen LogP contribution >= 0.6 is 12.4 Å². The second kappa shape index (κ2) is 9.20. The SMILES string of the molecule is CC(C)(C)CCN1CCN(C(=O)c2ccn(C3CCCNC3)n2)CC1.Cl. The van der Waals surface area contributed by atoms with Gasteiger partial charge in [-0.2, -0.15) is 5.10 Å². The minimum atomic E-state index is 0. The number of halogens is 1. The van der Waals surface area contributed by atoms with Gasteiger partial charge in [0.1, 0.15) is 5.69 Å². The van der Waals surface area contributed by atoms with Gasteiger partial charge in [-0.3, -0.25) is 14.4 Å². The summed E-state index contributed by atoms with van der Waals surface area (Å²) in [5, 5.41) is 7.97. The lowest BCUT2D eigenvalue weighted by molar-refractivity contribution is 0.0616. The molecule has 148 valence electrons. The Balaban J connectivity index is 0.00000243. The van der Waals surface area contributed by atoms with Gasteiger partial charge in [-0.15, -0.1) is 12.4 Å². The van der Waals surface area contributed by atoms with Gasteiger partial charge in [0.15, 0.2) is 0 Å². The molecule has 7 heteroatoms. The zero-order valence-corrected chi connectivity index (χ0v) is 17.2. The minimum Gasteiger partial charge on any atom is -0.335 e. The summed E-state index contributed by atoms with van der Waals surface area (Å²) in [6.07, 6.45) is 5.46. The summed E-state index contributed by atoms with van der Waals surface area (Å²) in [4.78, 5) is 17.2. The van der Waals surface area contributed by atoms with E-state index in [2.05, 4.69) is 36.1 Å². The fraction of sp³-hybridized carbons (Fsp3) is 0.789. The first kappa shape index (κ1) is 21.2. The molecular weight excluding hydrogens is 350 g/mol. The molecule has 6 nitrogen and oxygen atoms in total. The van der Waals surface area contributed by atoms with Crippen LogP contribution in [0.3, 0.4) is 0 Å². The van der Waals surface area contributed by atoms with E-state index in [1.54, 1.807) is 0 Å². The molecule has 1 atom stereocenters. The second-order valence-electron chi connectivity index (χ2n) is 8.63. The molecule has 0 aromatic carbocycles. The number of nitrogens with one attached hydrogen (secondary N) is 1. The van der Waals surface area contributed by atoms with E-state index in [0.29, 0.717) is 17.2 Å². The molecule has 1 N–H and O–H groups in total. The molecular formula is C19H34ClN5O. The van der Waals surface area contributed by atoms with Crippen molar-refractivity contribution >= 4 is 18.3 Å². The maximum Gasteiger partial charge on any atom is 0.274 e. The number of amides is 1. The summed E-state index contributed by atoms with van der Waals surface area (Å²) >= 11 is 0. The van der Waals surface area contributed by atoms with E-state index in [1.165, 1.54) is 12.8 Å². The van der Waals surface area contributed by atoms with Crippen LogP contribution in [0.5, 0.6) is 0 Å². The highest BCUT2D eigenvalue weighted by Crippen LogP contribution is 2.20. The summed E-state index contributed by atoms with van der Waals surface area (Å²) in [6.45, 7) is 13.5. The van der Waals surface area contributed by atoms with Gasteiger partial charge in [-0.1, -0.05) is 20.8 Å². The van der Waals surface area contributed by atoms with E-state index in [0.717, 1.165) is 52.2 Å². The fourth-order valence-corrected chi connectivity index (χ4v) is 3.54. The molecule has 1 aromatic rings. The van der Waals surface area contributed by atoms with Crippen LogP contribution in [0.25, 0.3) is 0 Å². The summed E-state index contributed by atoms with van der Waals surface area (Å²) in [7, 11) is 0. The van der Waals surface area contributed by atoms with Gasteiger partial charge in [0.2, 0.25) is 0 Å². The molecule has 2 aliphatic heterocycles. The van der Waals surface area contributed by atoms with Crippen molar-refractivity contribution in [1.29, 1.82) is 0 Å². The van der Waals surface area contributed by atoms with Crippen molar-refractivity contribution < 1.29 is 4.79 Å². The maximum absolute atomic E-state index is 12.7. The number of hydrogen-bond acceptors (Lipinski definition) is 4. The standard InChI is InChI=1S/C19H33N5O.ClH/c1-19(2,3)7-10-22-11-13-23(14-12-22)18(25)17-6-9-24(21-17)16-5-4-8-20-15-16;/h6,9,16,20H,4-5,7-8,10-15H2,1-3H3;1H. The van der Waals surface area contributed by atoms with Gasteiger partial charge < -0.3 is 10.2 Å². The number of piperazine rings is 1. The van der Waals surface area contributed by atoms with E-state index in [1.807, 2.05) is 21.8 Å². The van der Waals surface area contributed by atoms with Gasteiger partial charge >= 0.3 is 0 Å². The normalized spacial score (nSPS) is 22.1. The van der Waals surface area contributed by atoms with Crippen molar-refractivity contribution in [2.45, 2.75) is 46.1 Å². The predicted molar refractivity (Wildman–Crippen MR) is 107 cm³/mol. The van der Waals surface area contributed by atoms with Crippen LogP contribution < -0.4 is 5.32 Å². The smallest absolute Gasteiger partial charge is 0.274 e. The first-order valence-electron chi connectivity index (χ1n) is 9.70. The summed E-state index contributed by atoms with van der Waals surface area (Å²) in [5.41, 5.74) is 0.960. The van der Waals surface area contributed by atoms with Crippen LogP contribution in [-0.4, -0.2) is 71.3 Å². The molecule has 26 heavy (non-hydrogen) atoms. The molecule has 1 unspecified atom stereocenters. The van der Waals surface area contributed by atoms with Crippen molar-refractivity contribution in [1.82, 2.24) is 24.9 Å². The number of hydrogen-bond donors (Lipinski definition) is 1. The lowest BCUT2D eigenvalue weighted by atomic mass is 9.92. The molecule has 0 radical (unpaired) electrons. The number of nitrogens with zero attached hydrogens (tertiary/aromatic N) is 4. The van der Waals surface area contributed by atoms with Gasteiger partial charge in [-0.05, 0) is 43.8 Å². The monoisotopic (exact) mass is 383 g/mol. The molecule has 0 bridgehead atoms. The van der Waals surface area contributed by atoms with Gasteiger partial charge in [0.25, 0.3) is 5.91 Å². The van der Waals surface area contributed by atoms with Crippen molar-refractivity contribution in [3.05, 3.63) is 18.0 Å². The molecule has 2 saturated heterocycles. The number of carbonyl (C=O) groups excluding carboxylic acids is 1. The zero-order valence-electron chi connectivity index (χ0n) is 16.4. The van der Waals surface area contributed by atoms with E-state index >= 15 is 0 Å². The quantitative estimate of drug-likeness (QED) is 0.867. The molecule has 0 aliphatic carbocycles. The second-order valence-corrected chi connectivity index (χ2v) is 8.63. The lowest BCUT2D eigenvalue weighted by Crippen LogP contribution is -2.49. The Morgan fingerprint density at radius 3 is 2.62 bits per heavy atom. The third kappa shape index (κ3) is 5.69. The molecule has 1 amide bonds. The first-order chi connectivity index (χ1) is 11.9. The van der Waals surface area contributed by atoms with Crippen molar-refractivity contribution in [3.8, 4) is 0 Å². The Bertz CT molecular complexity index is 569.